The van der Waals surface area contributed by atoms with Gasteiger partial charge in [0.25, 0.3) is 0 Å². The maximum absolute atomic E-state index is 13.3. The zero-order chi connectivity index (χ0) is 24.6. The van der Waals surface area contributed by atoms with Gasteiger partial charge in [-0.25, -0.2) is 13.1 Å². The van der Waals surface area contributed by atoms with Gasteiger partial charge in [0, 0.05) is 13.1 Å². The SMILES string of the molecule is O=S(=O)(NCCc1ccc2c(c1)C(Cc1cccc(C(F)(F)F)c1)C(CN1CCC1)C2)C1CCC1. The van der Waals surface area contributed by atoms with E-state index in [-0.39, 0.29) is 11.2 Å². The van der Waals surface area contributed by atoms with Crippen molar-refractivity contribution < 1.29 is 21.6 Å². The lowest BCUT2D eigenvalue weighted by Crippen LogP contribution is -2.41. The minimum Gasteiger partial charge on any atom is -0.303 e. The molecule has 0 spiro atoms. The molecule has 2 aliphatic carbocycles. The highest BCUT2D eigenvalue weighted by Gasteiger charge is 2.36. The summed E-state index contributed by atoms with van der Waals surface area (Å²) in [4.78, 5) is 2.44. The second-order valence-corrected chi connectivity index (χ2v) is 12.4. The summed E-state index contributed by atoms with van der Waals surface area (Å²) in [6.45, 7) is 3.52. The van der Waals surface area contributed by atoms with E-state index in [1.165, 1.54) is 29.7 Å². The van der Waals surface area contributed by atoms with Crippen LogP contribution in [0.15, 0.2) is 42.5 Å². The molecule has 1 aliphatic heterocycles. The maximum atomic E-state index is 13.3. The average molecular weight is 507 g/mol. The van der Waals surface area contributed by atoms with E-state index in [2.05, 4.69) is 27.8 Å². The molecule has 2 aromatic carbocycles. The van der Waals surface area contributed by atoms with Crippen molar-refractivity contribution in [3.8, 4) is 0 Å². The molecule has 1 saturated heterocycles. The molecule has 2 fully saturated rings. The summed E-state index contributed by atoms with van der Waals surface area (Å²) in [5, 5.41) is -0.248. The van der Waals surface area contributed by atoms with Crippen molar-refractivity contribution in [2.75, 3.05) is 26.2 Å². The Hall–Kier alpha value is -1.90. The number of halogens is 3. The fourth-order valence-electron chi connectivity index (χ4n) is 5.64. The summed E-state index contributed by atoms with van der Waals surface area (Å²) in [7, 11) is -3.24. The predicted molar refractivity (Wildman–Crippen MR) is 131 cm³/mol. The fourth-order valence-corrected chi connectivity index (χ4v) is 7.22. The normalized spacial score (nSPS) is 23.1. The van der Waals surface area contributed by atoms with Gasteiger partial charge in [-0.05, 0) is 91.8 Å². The first-order valence-corrected chi connectivity index (χ1v) is 14.2. The number of likely N-dealkylation sites (tertiary alicyclic amines) is 1. The van der Waals surface area contributed by atoms with Gasteiger partial charge in [-0.2, -0.15) is 13.2 Å². The Bertz CT molecular complexity index is 1160. The molecule has 0 radical (unpaired) electrons. The van der Waals surface area contributed by atoms with Crippen LogP contribution in [0.25, 0.3) is 0 Å². The van der Waals surface area contributed by atoms with Crippen molar-refractivity contribution in [3.63, 3.8) is 0 Å². The first kappa shape index (κ1) is 24.8. The number of hydrogen-bond acceptors (Lipinski definition) is 3. The van der Waals surface area contributed by atoms with Crippen molar-refractivity contribution in [2.45, 2.75) is 62.3 Å². The molecule has 4 nitrogen and oxygen atoms in total. The lowest BCUT2D eigenvalue weighted by atomic mass is 9.85. The van der Waals surface area contributed by atoms with Gasteiger partial charge in [-0.3, -0.25) is 0 Å². The third kappa shape index (κ3) is 5.59. The van der Waals surface area contributed by atoms with Crippen molar-refractivity contribution in [1.82, 2.24) is 9.62 Å². The van der Waals surface area contributed by atoms with Crippen LogP contribution >= 0.6 is 0 Å². The van der Waals surface area contributed by atoms with E-state index >= 15 is 0 Å². The molecule has 35 heavy (non-hydrogen) atoms. The van der Waals surface area contributed by atoms with E-state index in [0.29, 0.717) is 30.9 Å². The summed E-state index contributed by atoms with van der Waals surface area (Å²) >= 11 is 0. The van der Waals surface area contributed by atoms with Gasteiger partial charge in [-0.1, -0.05) is 42.8 Å². The zero-order valence-corrected chi connectivity index (χ0v) is 20.7. The molecular formula is C27H33F3N2O2S. The van der Waals surface area contributed by atoms with E-state index in [1.807, 2.05) is 0 Å². The highest BCUT2D eigenvalue weighted by Crippen LogP contribution is 2.42. The highest BCUT2D eigenvalue weighted by molar-refractivity contribution is 7.90. The standard InChI is InChI=1S/C27H33F3N2O2S/c28-27(29,30)23-5-1-4-20(14-23)16-26-22(18-32-12-3-13-32)17-21-9-8-19(15-25(21)26)10-11-31-35(33,34)24-6-2-7-24/h1,4-5,8-9,14-15,22,24,26,31H,2-3,6-7,10-13,16-18H2. The van der Waals surface area contributed by atoms with Crippen molar-refractivity contribution in [1.29, 1.82) is 0 Å². The van der Waals surface area contributed by atoms with Crippen LogP contribution in [0.4, 0.5) is 13.2 Å². The third-order valence-electron chi connectivity index (χ3n) is 8.02. The molecule has 5 rings (SSSR count). The number of nitrogens with zero attached hydrogens (tertiary/aromatic N) is 1. The molecule has 2 atom stereocenters. The Morgan fingerprint density at radius 1 is 1.00 bits per heavy atom. The molecule has 190 valence electrons. The van der Waals surface area contributed by atoms with Gasteiger partial charge in [-0.15, -0.1) is 0 Å². The first-order chi connectivity index (χ1) is 16.7. The van der Waals surface area contributed by atoms with Gasteiger partial charge < -0.3 is 4.90 Å². The number of alkyl halides is 3. The number of benzene rings is 2. The average Bonchev–Trinajstić information content (AvgIpc) is 3.05. The predicted octanol–water partition coefficient (Wildman–Crippen LogP) is 4.92. The number of rotatable bonds is 9. The van der Waals surface area contributed by atoms with Crippen LogP contribution in [-0.2, 0) is 35.5 Å². The third-order valence-corrected chi connectivity index (χ3v) is 9.98. The molecule has 0 bridgehead atoms. The molecule has 0 aromatic heterocycles. The van der Waals surface area contributed by atoms with E-state index in [4.69, 9.17) is 0 Å². The van der Waals surface area contributed by atoms with Crippen molar-refractivity contribution in [3.05, 3.63) is 70.3 Å². The molecule has 2 aromatic rings. The Kier molecular flexibility index (Phi) is 6.98. The lowest BCUT2D eigenvalue weighted by Gasteiger charge is -2.35. The summed E-state index contributed by atoms with van der Waals surface area (Å²) < 4.78 is 67.3. The van der Waals surface area contributed by atoms with E-state index in [0.717, 1.165) is 56.9 Å². The second-order valence-electron chi connectivity index (χ2n) is 10.4. The monoisotopic (exact) mass is 506 g/mol. The number of fused-ring (bicyclic) bond motifs is 1. The van der Waals surface area contributed by atoms with Crippen LogP contribution < -0.4 is 4.72 Å². The van der Waals surface area contributed by atoms with Crippen LogP contribution in [0, 0.1) is 5.92 Å². The molecule has 1 N–H and O–H groups in total. The Balaban J connectivity index is 1.33. The van der Waals surface area contributed by atoms with Crippen LogP contribution in [0.3, 0.4) is 0 Å². The van der Waals surface area contributed by atoms with Crippen LogP contribution in [-0.4, -0.2) is 44.7 Å². The number of nitrogens with one attached hydrogen (secondary N) is 1. The van der Waals surface area contributed by atoms with Gasteiger partial charge in [0.1, 0.15) is 0 Å². The smallest absolute Gasteiger partial charge is 0.303 e. The topological polar surface area (TPSA) is 49.4 Å². The Morgan fingerprint density at radius 2 is 1.80 bits per heavy atom. The lowest BCUT2D eigenvalue weighted by molar-refractivity contribution is -0.137. The number of sulfonamides is 1. The zero-order valence-electron chi connectivity index (χ0n) is 19.9. The summed E-state index contributed by atoms with van der Waals surface area (Å²) in [6, 6.07) is 12.1. The molecule has 2 unspecified atom stereocenters. The number of hydrogen-bond donors (Lipinski definition) is 1. The summed E-state index contributed by atoms with van der Waals surface area (Å²) in [5.41, 5.74) is 3.67. The summed E-state index contributed by atoms with van der Waals surface area (Å²) in [5.74, 6) is 0.521. The largest absolute Gasteiger partial charge is 0.416 e. The minimum absolute atomic E-state index is 0.153. The van der Waals surface area contributed by atoms with Gasteiger partial charge >= 0.3 is 6.18 Å². The van der Waals surface area contributed by atoms with Crippen LogP contribution in [0.1, 0.15) is 59.4 Å². The van der Waals surface area contributed by atoms with E-state index < -0.39 is 21.8 Å². The van der Waals surface area contributed by atoms with Crippen LogP contribution in [0.5, 0.6) is 0 Å². The molecule has 0 amide bonds. The minimum atomic E-state index is -4.35. The summed E-state index contributed by atoms with van der Waals surface area (Å²) in [6.07, 6.45) is 1.43. The first-order valence-electron chi connectivity index (χ1n) is 12.7. The van der Waals surface area contributed by atoms with Crippen LogP contribution in [0.2, 0.25) is 0 Å². The second kappa shape index (κ2) is 9.87. The van der Waals surface area contributed by atoms with Gasteiger partial charge in [0.05, 0.1) is 10.8 Å². The van der Waals surface area contributed by atoms with Gasteiger partial charge in [0.15, 0.2) is 0 Å². The van der Waals surface area contributed by atoms with Crippen molar-refractivity contribution >= 4 is 10.0 Å². The van der Waals surface area contributed by atoms with Crippen molar-refractivity contribution in [2.24, 2.45) is 5.92 Å². The molecule has 8 heteroatoms. The Morgan fingerprint density at radius 3 is 2.46 bits per heavy atom. The van der Waals surface area contributed by atoms with Gasteiger partial charge in [0.2, 0.25) is 10.0 Å². The molecule has 1 heterocycles. The fraction of sp³-hybridized carbons (Fsp3) is 0.556. The molecular weight excluding hydrogens is 473 g/mol. The highest BCUT2D eigenvalue weighted by atomic mass is 32.2. The van der Waals surface area contributed by atoms with E-state index in [9.17, 15) is 21.6 Å². The molecule has 3 aliphatic rings. The van der Waals surface area contributed by atoms with E-state index in [1.54, 1.807) is 6.07 Å². The molecule has 1 saturated carbocycles. The quantitative estimate of drug-likeness (QED) is 0.525. The maximum Gasteiger partial charge on any atom is 0.416 e. The Labute approximate surface area is 206 Å².